The first kappa shape index (κ1) is 28.6. The topological polar surface area (TPSA) is 194 Å². The molecule has 0 fully saturated rings. The monoisotopic (exact) mass is 559 g/mol. The second kappa shape index (κ2) is 12.1. The molecule has 0 saturated carbocycles. The first-order valence-electron chi connectivity index (χ1n) is 11.5. The van der Waals surface area contributed by atoms with Crippen molar-refractivity contribution in [2.24, 2.45) is 16.5 Å². The average Bonchev–Trinajstić information content (AvgIpc) is 2.83. The van der Waals surface area contributed by atoms with E-state index >= 15 is 0 Å². The standard InChI is InChI=1S/C25H29N5O6S2/c1-2-5-17-10-12-21(13-11-17)37(33,34)30-23(16-24(31)32)18-6-3-8-20(14-18)29-38(35,36)22-9-4-7-19(15-22)28-25(26)27/h3-4,6-15,23,29-30H,2,5,16H2,1H3,(H,31,32)(H4,26,27,28). The molecule has 13 heteroatoms. The van der Waals surface area contributed by atoms with Crippen molar-refractivity contribution in [3.63, 3.8) is 0 Å². The molecule has 1 atom stereocenters. The number of aliphatic carboxylic acids is 1. The number of nitrogens with zero attached hydrogens (tertiary/aromatic N) is 1. The van der Waals surface area contributed by atoms with Gasteiger partial charge in [-0.1, -0.05) is 43.7 Å². The fourth-order valence-corrected chi connectivity index (χ4v) is 6.00. The highest BCUT2D eigenvalue weighted by Crippen LogP contribution is 2.26. The molecule has 0 aliphatic rings. The Kier molecular flexibility index (Phi) is 9.09. The number of nitrogens with two attached hydrogens (primary N) is 2. The van der Waals surface area contributed by atoms with Gasteiger partial charge in [-0.25, -0.2) is 26.6 Å². The zero-order chi connectivity index (χ0) is 27.9. The van der Waals surface area contributed by atoms with Crippen LogP contribution >= 0.6 is 0 Å². The number of carboxylic acid groups (broad SMARTS) is 1. The molecule has 3 rings (SSSR count). The van der Waals surface area contributed by atoms with Crippen LogP contribution in [0.15, 0.2) is 87.6 Å². The first-order chi connectivity index (χ1) is 17.9. The largest absolute Gasteiger partial charge is 0.481 e. The van der Waals surface area contributed by atoms with Crippen molar-refractivity contribution in [1.82, 2.24) is 4.72 Å². The molecule has 7 N–H and O–H groups in total. The van der Waals surface area contributed by atoms with Crippen LogP contribution in [-0.4, -0.2) is 33.9 Å². The van der Waals surface area contributed by atoms with Crippen LogP contribution < -0.4 is 20.9 Å². The van der Waals surface area contributed by atoms with Gasteiger partial charge in [0.05, 0.1) is 27.9 Å². The molecule has 3 aromatic rings. The van der Waals surface area contributed by atoms with Crippen molar-refractivity contribution in [3.8, 4) is 0 Å². The maximum absolute atomic E-state index is 13.0. The van der Waals surface area contributed by atoms with E-state index < -0.39 is 38.5 Å². The third-order valence-corrected chi connectivity index (χ3v) is 8.24. The van der Waals surface area contributed by atoms with E-state index in [-0.39, 0.29) is 32.7 Å². The van der Waals surface area contributed by atoms with Crippen LogP contribution in [0.25, 0.3) is 0 Å². The Morgan fingerprint density at radius 1 is 0.921 bits per heavy atom. The van der Waals surface area contributed by atoms with Crippen LogP contribution in [0.3, 0.4) is 0 Å². The zero-order valence-electron chi connectivity index (χ0n) is 20.5. The maximum atomic E-state index is 13.0. The number of hydrogen-bond acceptors (Lipinski definition) is 6. The Balaban J connectivity index is 1.88. The molecule has 0 saturated heterocycles. The molecular weight excluding hydrogens is 530 g/mol. The second-order valence-corrected chi connectivity index (χ2v) is 11.8. The normalized spacial score (nSPS) is 12.4. The Labute approximate surface area is 221 Å². The van der Waals surface area contributed by atoms with E-state index in [1.807, 2.05) is 6.92 Å². The molecule has 0 radical (unpaired) electrons. The van der Waals surface area contributed by atoms with E-state index in [1.165, 1.54) is 60.7 Å². The lowest BCUT2D eigenvalue weighted by molar-refractivity contribution is -0.137. The molecular formula is C25H29N5O6S2. The van der Waals surface area contributed by atoms with Crippen LogP contribution in [0.1, 0.15) is 36.9 Å². The Bertz CT molecular complexity index is 1530. The number of benzene rings is 3. The number of aliphatic imine (C=N–C) groups is 1. The highest BCUT2D eigenvalue weighted by Gasteiger charge is 2.24. The van der Waals surface area contributed by atoms with Gasteiger partial charge in [0.15, 0.2) is 5.96 Å². The van der Waals surface area contributed by atoms with Crippen molar-refractivity contribution < 1.29 is 26.7 Å². The van der Waals surface area contributed by atoms with Crippen LogP contribution in [0.5, 0.6) is 0 Å². The van der Waals surface area contributed by atoms with Crippen molar-refractivity contribution in [2.75, 3.05) is 4.72 Å². The minimum atomic E-state index is -4.08. The first-order valence-corrected chi connectivity index (χ1v) is 14.5. The minimum absolute atomic E-state index is 0.00902. The molecule has 11 nitrogen and oxygen atoms in total. The van der Waals surface area contributed by atoms with Gasteiger partial charge in [0.2, 0.25) is 10.0 Å². The number of nitrogens with one attached hydrogen (secondary N) is 2. The number of rotatable bonds is 12. The smallest absolute Gasteiger partial charge is 0.305 e. The molecule has 0 aliphatic carbocycles. The second-order valence-electron chi connectivity index (χ2n) is 8.43. The summed E-state index contributed by atoms with van der Waals surface area (Å²) >= 11 is 0. The highest BCUT2D eigenvalue weighted by molar-refractivity contribution is 7.92. The molecule has 1 unspecified atom stereocenters. The molecule has 3 aromatic carbocycles. The molecule has 0 bridgehead atoms. The van der Waals surface area contributed by atoms with Crippen molar-refractivity contribution >= 4 is 43.4 Å². The number of carboxylic acids is 1. The quantitative estimate of drug-likeness (QED) is 0.165. The van der Waals surface area contributed by atoms with Crippen LogP contribution in [0.2, 0.25) is 0 Å². The Hall–Kier alpha value is -3.94. The van der Waals surface area contributed by atoms with Gasteiger partial charge in [-0.05, 0) is 60.0 Å². The summed E-state index contributed by atoms with van der Waals surface area (Å²) in [7, 11) is -8.16. The number of hydrogen-bond donors (Lipinski definition) is 5. The van der Waals surface area contributed by atoms with Gasteiger partial charge in [-0.3, -0.25) is 9.52 Å². The van der Waals surface area contributed by atoms with Gasteiger partial charge in [-0.15, -0.1) is 0 Å². The minimum Gasteiger partial charge on any atom is -0.481 e. The predicted octanol–water partition coefficient (Wildman–Crippen LogP) is 2.84. The fourth-order valence-electron chi connectivity index (χ4n) is 3.68. The summed E-state index contributed by atoms with van der Waals surface area (Å²) in [6, 6.07) is 16.6. The Morgan fingerprint density at radius 3 is 2.24 bits per heavy atom. The summed E-state index contributed by atoms with van der Waals surface area (Å²) in [6.45, 7) is 2.01. The third kappa shape index (κ3) is 7.78. The summed E-state index contributed by atoms with van der Waals surface area (Å²) < 4.78 is 56.8. The summed E-state index contributed by atoms with van der Waals surface area (Å²) in [4.78, 5) is 15.3. The van der Waals surface area contributed by atoms with Gasteiger partial charge < -0.3 is 16.6 Å². The molecule has 202 valence electrons. The van der Waals surface area contributed by atoms with Gasteiger partial charge in [0.25, 0.3) is 10.0 Å². The summed E-state index contributed by atoms with van der Waals surface area (Å²) in [5.74, 6) is -1.47. The van der Waals surface area contributed by atoms with Gasteiger partial charge >= 0.3 is 5.97 Å². The summed E-state index contributed by atoms with van der Waals surface area (Å²) in [6.07, 6.45) is 1.15. The van der Waals surface area contributed by atoms with E-state index in [9.17, 15) is 26.7 Å². The van der Waals surface area contributed by atoms with Gasteiger partial charge in [0.1, 0.15) is 0 Å². The van der Waals surface area contributed by atoms with Crippen molar-refractivity contribution in [1.29, 1.82) is 0 Å². The number of carbonyl (C=O) groups is 1. The predicted molar refractivity (Wildman–Crippen MR) is 145 cm³/mol. The van der Waals surface area contributed by atoms with E-state index in [2.05, 4.69) is 14.4 Å². The van der Waals surface area contributed by atoms with E-state index in [4.69, 9.17) is 11.5 Å². The van der Waals surface area contributed by atoms with E-state index in [0.29, 0.717) is 0 Å². The average molecular weight is 560 g/mol. The number of sulfonamides is 2. The summed E-state index contributed by atoms with van der Waals surface area (Å²) in [5, 5.41) is 9.43. The summed E-state index contributed by atoms with van der Waals surface area (Å²) in [5.41, 5.74) is 12.3. The maximum Gasteiger partial charge on any atom is 0.305 e. The molecule has 0 spiro atoms. The van der Waals surface area contributed by atoms with Gasteiger partial charge in [-0.2, -0.15) is 0 Å². The van der Waals surface area contributed by atoms with Crippen LogP contribution in [0.4, 0.5) is 11.4 Å². The van der Waals surface area contributed by atoms with Crippen LogP contribution in [-0.2, 0) is 31.3 Å². The van der Waals surface area contributed by atoms with Crippen molar-refractivity contribution in [3.05, 3.63) is 83.9 Å². The third-order valence-electron chi connectivity index (χ3n) is 5.38. The van der Waals surface area contributed by atoms with E-state index in [0.717, 1.165) is 18.4 Å². The SMILES string of the molecule is CCCc1ccc(S(=O)(=O)NC(CC(=O)O)c2cccc(NS(=O)(=O)c3cccc(N=C(N)N)c3)c2)cc1. The molecule has 0 aliphatic heterocycles. The lowest BCUT2D eigenvalue weighted by Gasteiger charge is -2.19. The van der Waals surface area contributed by atoms with Gasteiger partial charge in [0, 0.05) is 5.69 Å². The molecule has 0 aromatic heterocycles. The molecule has 0 amide bonds. The molecule has 38 heavy (non-hydrogen) atoms. The lowest BCUT2D eigenvalue weighted by atomic mass is 10.0. The zero-order valence-corrected chi connectivity index (χ0v) is 22.2. The molecule has 0 heterocycles. The Morgan fingerprint density at radius 2 is 1.61 bits per heavy atom. The highest BCUT2D eigenvalue weighted by atomic mass is 32.2. The lowest BCUT2D eigenvalue weighted by Crippen LogP contribution is -2.30. The fraction of sp³-hybridized carbons (Fsp3) is 0.200. The number of guanidine groups is 1. The number of aryl methyl sites for hydroxylation is 1. The van der Waals surface area contributed by atoms with Crippen LogP contribution in [0, 0.1) is 0 Å². The number of anilines is 1. The van der Waals surface area contributed by atoms with Crippen molar-refractivity contribution in [2.45, 2.75) is 42.0 Å². The van der Waals surface area contributed by atoms with E-state index in [1.54, 1.807) is 12.1 Å².